The van der Waals surface area contributed by atoms with E-state index >= 15 is 0 Å². The molecule has 2 fully saturated rings. The van der Waals surface area contributed by atoms with Gasteiger partial charge in [-0.3, -0.25) is 0 Å². The molecular weight excluding hydrogens is 264 g/mol. The SMILES string of the molecule is CC(C)[Si](O[C@H]1[C@@H]2CC[C@@H](C2)[C@@H]1C=O)(C(C)C)C(C)C. The monoisotopic (exact) mass is 296 g/mol. The van der Waals surface area contributed by atoms with Crippen LogP contribution in [-0.2, 0) is 9.22 Å². The first-order chi connectivity index (χ1) is 9.34. The average Bonchev–Trinajstić information content (AvgIpc) is 2.94. The van der Waals surface area contributed by atoms with E-state index in [1.54, 1.807) is 0 Å². The maximum atomic E-state index is 11.5. The number of rotatable bonds is 6. The van der Waals surface area contributed by atoms with Gasteiger partial charge in [-0.2, -0.15) is 0 Å². The minimum absolute atomic E-state index is 0.178. The Hall–Kier alpha value is -0.153. The van der Waals surface area contributed by atoms with Crippen molar-refractivity contribution >= 4 is 14.6 Å². The molecule has 0 N–H and O–H groups in total. The lowest BCUT2D eigenvalue weighted by molar-refractivity contribution is -0.115. The smallest absolute Gasteiger partial charge is 0.200 e. The third-order valence-electron chi connectivity index (χ3n) is 6.11. The number of aldehydes is 1. The lowest BCUT2D eigenvalue weighted by atomic mass is 9.88. The Balaban J connectivity index is 2.26. The van der Waals surface area contributed by atoms with Gasteiger partial charge in [0.15, 0.2) is 0 Å². The second-order valence-corrected chi connectivity index (χ2v) is 13.4. The van der Waals surface area contributed by atoms with Crippen LogP contribution in [0.1, 0.15) is 60.8 Å². The molecular formula is C17H32O2Si. The molecule has 2 aliphatic rings. The van der Waals surface area contributed by atoms with Crippen molar-refractivity contribution in [2.24, 2.45) is 17.8 Å². The molecule has 2 saturated carbocycles. The van der Waals surface area contributed by atoms with Gasteiger partial charge in [-0.05, 0) is 47.7 Å². The first kappa shape index (κ1) is 16.2. The summed E-state index contributed by atoms with van der Waals surface area (Å²) in [5.74, 6) is 1.44. The zero-order chi connectivity index (χ0) is 15.1. The molecule has 0 aromatic heterocycles. The maximum absolute atomic E-state index is 11.5. The van der Waals surface area contributed by atoms with Crippen molar-refractivity contribution in [3.05, 3.63) is 0 Å². The fourth-order valence-electron chi connectivity index (χ4n) is 5.29. The molecule has 2 nitrogen and oxygen atoms in total. The first-order valence-electron chi connectivity index (χ1n) is 8.47. The van der Waals surface area contributed by atoms with Crippen LogP contribution in [0.25, 0.3) is 0 Å². The fourth-order valence-corrected chi connectivity index (χ4v) is 10.9. The molecule has 0 amide bonds. The van der Waals surface area contributed by atoms with E-state index in [4.69, 9.17) is 4.43 Å². The Morgan fingerprint density at radius 2 is 1.45 bits per heavy atom. The van der Waals surface area contributed by atoms with E-state index < -0.39 is 8.32 Å². The molecule has 2 aliphatic carbocycles. The van der Waals surface area contributed by atoms with Gasteiger partial charge < -0.3 is 9.22 Å². The van der Waals surface area contributed by atoms with Crippen LogP contribution in [0.3, 0.4) is 0 Å². The molecule has 0 radical (unpaired) electrons. The molecule has 0 aromatic carbocycles. The Bertz CT molecular complexity index is 329. The highest BCUT2D eigenvalue weighted by molar-refractivity contribution is 6.77. The molecule has 0 aliphatic heterocycles. The van der Waals surface area contributed by atoms with Crippen LogP contribution in [0.2, 0.25) is 16.6 Å². The lowest BCUT2D eigenvalue weighted by Gasteiger charge is -2.46. The summed E-state index contributed by atoms with van der Waals surface area (Å²) in [6, 6.07) is 0. The van der Waals surface area contributed by atoms with Gasteiger partial charge in [0.25, 0.3) is 0 Å². The van der Waals surface area contributed by atoms with Crippen molar-refractivity contribution in [1.82, 2.24) is 0 Å². The van der Waals surface area contributed by atoms with Gasteiger partial charge >= 0.3 is 0 Å². The molecule has 0 saturated heterocycles. The molecule has 2 rings (SSSR count). The number of hydrogen-bond acceptors (Lipinski definition) is 2. The minimum Gasteiger partial charge on any atom is -0.412 e. The van der Waals surface area contributed by atoms with Crippen molar-refractivity contribution in [2.45, 2.75) is 83.5 Å². The average molecular weight is 297 g/mol. The summed E-state index contributed by atoms with van der Waals surface area (Å²) in [6.07, 6.45) is 5.18. The summed E-state index contributed by atoms with van der Waals surface area (Å²) in [5.41, 5.74) is 1.82. The van der Waals surface area contributed by atoms with Crippen molar-refractivity contribution < 1.29 is 9.22 Å². The normalized spacial score (nSPS) is 33.6. The molecule has 20 heavy (non-hydrogen) atoms. The van der Waals surface area contributed by atoms with E-state index in [1.807, 2.05) is 0 Å². The predicted molar refractivity (Wildman–Crippen MR) is 86.3 cm³/mol. The molecule has 0 aromatic rings. The standard InChI is InChI=1S/C17H32O2Si/c1-11(2)20(12(3)4,13(5)6)19-17-15-8-7-14(9-15)16(17)10-18/h10-17H,7-9H2,1-6H3/t14-,15+,16-,17-/m0/s1. The van der Waals surface area contributed by atoms with E-state index in [2.05, 4.69) is 41.5 Å². The Morgan fingerprint density at radius 3 is 1.90 bits per heavy atom. The summed E-state index contributed by atoms with van der Waals surface area (Å²) in [7, 11) is -1.85. The first-order valence-corrected chi connectivity index (χ1v) is 10.6. The van der Waals surface area contributed by atoms with Gasteiger partial charge in [0.05, 0.1) is 6.10 Å². The highest BCUT2D eigenvalue weighted by Gasteiger charge is 2.54. The fraction of sp³-hybridized carbons (Fsp3) is 0.941. The van der Waals surface area contributed by atoms with E-state index in [9.17, 15) is 4.79 Å². The molecule has 116 valence electrons. The summed E-state index contributed by atoms with van der Waals surface area (Å²) in [5, 5.41) is 0. The van der Waals surface area contributed by atoms with Crippen LogP contribution in [-0.4, -0.2) is 20.7 Å². The van der Waals surface area contributed by atoms with E-state index in [0.717, 1.165) is 0 Å². The largest absolute Gasteiger partial charge is 0.412 e. The zero-order valence-electron chi connectivity index (χ0n) is 14.1. The molecule has 0 spiro atoms. The summed E-state index contributed by atoms with van der Waals surface area (Å²) in [6.45, 7) is 14.0. The van der Waals surface area contributed by atoms with E-state index in [1.165, 1.54) is 25.5 Å². The van der Waals surface area contributed by atoms with E-state index in [-0.39, 0.29) is 12.0 Å². The van der Waals surface area contributed by atoms with Crippen molar-refractivity contribution in [1.29, 1.82) is 0 Å². The van der Waals surface area contributed by atoms with Crippen molar-refractivity contribution in [2.75, 3.05) is 0 Å². The van der Waals surface area contributed by atoms with Crippen molar-refractivity contribution in [3.63, 3.8) is 0 Å². The quantitative estimate of drug-likeness (QED) is 0.520. The molecule has 0 unspecified atom stereocenters. The van der Waals surface area contributed by atoms with Crippen LogP contribution in [0.15, 0.2) is 0 Å². The van der Waals surface area contributed by atoms with Crippen LogP contribution in [0, 0.1) is 17.8 Å². The summed E-state index contributed by atoms with van der Waals surface area (Å²) >= 11 is 0. The van der Waals surface area contributed by atoms with Gasteiger partial charge in [0.2, 0.25) is 8.32 Å². The van der Waals surface area contributed by atoms with Gasteiger partial charge in [0, 0.05) is 5.92 Å². The van der Waals surface area contributed by atoms with Crippen LogP contribution in [0.4, 0.5) is 0 Å². The van der Waals surface area contributed by atoms with Crippen LogP contribution >= 0.6 is 0 Å². The Kier molecular flexibility index (Phi) is 4.80. The number of fused-ring (bicyclic) bond motifs is 2. The Morgan fingerprint density at radius 1 is 0.950 bits per heavy atom. The third-order valence-corrected chi connectivity index (χ3v) is 12.2. The maximum Gasteiger partial charge on any atom is 0.200 e. The molecule has 0 heterocycles. The second kappa shape index (κ2) is 5.92. The van der Waals surface area contributed by atoms with Gasteiger partial charge in [0.1, 0.15) is 6.29 Å². The number of carbonyl (C=O) groups excluding carboxylic acids is 1. The highest BCUT2D eigenvalue weighted by Crippen LogP contribution is 2.53. The zero-order valence-corrected chi connectivity index (χ0v) is 15.1. The minimum atomic E-state index is -1.85. The summed E-state index contributed by atoms with van der Waals surface area (Å²) in [4.78, 5) is 11.5. The van der Waals surface area contributed by atoms with Crippen molar-refractivity contribution in [3.8, 4) is 0 Å². The topological polar surface area (TPSA) is 26.3 Å². The highest BCUT2D eigenvalue weighted by atomic mass is 28.4. The van der Waals surface area contributed by atoms with Gasteiger partial charge in [-0.1, -0.05) is 41.5 Å². The van der Waals surface area contributed by atoms with E-state index in [0.29, 0.717) is 28.5 Å². The summed E-state index contributed by atoms with van der Waals surface area (Å²) < 4.78 is 6.93. The van der Waals surface area contributed by atoms with Gasteiger partial charge in [-0.25, -0.2) is 0 Å². The Labute approximate surface area is 125 Å². The molecule has 4 atom stereocenters. The predicted octanol–water partition coefficient (Wildman–Crippen LogP) is 4.79. The van der Waals surface area contributed by atoms with Gasteiger partial charge in [-0.15, -0.1) is 0 Å². The van der Waals surface area contributed by atoms with Crippen LogP contribution < -0.4 is 0 Å². The number of hydrogen-bond donors (Lipinski definition) is 0. The molecule has 2 bridgehead atoms. The number of carbonyl (C=O) groups is 1. The second-order valence-electron chi connectivity index (χ2n) is 7.95. The molecule has 3 heteroatoms. The van der Waals surface area contributed by atoms with Crippen LogP contribution in [0.5, 0.6) is 0 Å². The lowest BCUT2D eigenvalue weighted by Crippen LogP contribution is -2.52. The third kappa shape index (κ3) is 2.41.